The SMILES string of the molecule is c1ccc(-c2nc(-c3ccc4c(c3)-c3ccccc3-c3cccc5c6ccccc6n-4c35)nc3ccccc23)cc1. The molecule has 8 aromatic rings. The topological polar surface area (TPSA) is 30.7 Å². The van der Waals surface area contributed by atoms with E-state index in [1.54, 1.807) is 0 Å². The molecule has 2 aromatic heterocycles. The van der Waals surface area contributed by atoms with Crippen LogP contribution in [0.25, 0.3) is 83.3 Å². The summed E-state index contributed by atoms with van der Waals surface area (Å²) in [6, 6.07) is 49.5. The molecule has 0 aliphatic carbocycles. The minimum atomic E-state index is 0.729. The number of benzene rings is 6. The summed E-state index contributed by atoms with van der Waals surface area (Å²) in [6.07, 6.45) is 0. The van der Waals surface area contributed by atoms with Crippen molar-refractivity contribution in [1.29, 1.82) is 0 Å². The van der Waals surface area contributed by atoms with Crippen LogP contribution < -0.4 is 0 Å². The van der Waals surface area contributed by atoms with E-state index < -0.39 is 0 Å². The van der Waals surface area contributed by atoms with Crippen molar-refractivity contribution in [3.63, 3.8) is 0 Å². The van der Waals surface area contributed by atoms with Crippen LogP contribution in [0.15, 0.2) is 140 Å². The van der Waals surface area contributed by atoms with Gasteiger partial charge in [-0.3, -0.25) is 0 Å². The van der Waals surface area contributed by atoms with Gasteiger partial charge in [0.05, 0.1) is 27.9 Å². The van der Waals surface area contributed by atoms with Crippen molar-refractivity contribution < 1.29 is 0 Å². The quantitative estimate of drug-likeness (QED) is 0.227. The Balaban J connectivity index is 1.36. The van der Waals surface area contributed by atoms with E-state index in [4.69, 9.17) is 9.97 Å². The van der Waals surface area contributed by atoms with Crippen LogP contribution in [-0.2, 0) is 0 Å². The first kappa shape index (κ1) is 22.3. The van der Waals surface area contributed by atoms with Gasteiger partial charge in [-0.15, -0.1) is 0 Å². The number of fused-ring (bicyclic) bond motifs is 9. The molecule has 3 nitrogen and oxygen atoms in total. The van der Waals surface area contributed by atoms with Gasteiger partial charge in [-0.2, -0.15) is 0 Å². The highest BCUT2D eigenvalue weighted by molar-refractivity contribution is 6.16. The van der Waals surface area contributed by atoms with Crippen LogP contribution >= 0.6 is 0 Å². The molecule has 3 heteroatoms. The molecule has 0 saturated heterocycles. The third kappa shape index (κ3) is 3.20. The Labute approximate surface area is 237 Å². The Morgan fingerprint density at radius 2 is 1.12 bits per heavy atom. The summed E-state index contributed by atoms with van der Waals surface area (Å²) in [5.41, 5.74) is 12.5. The number of rotatable bonds is 2. The molecule has 0 saturated carbocycles. The normalized spacial score (nSPS) is 11.9. The number of para-hydroxylation sites is 3. The fraction of sp³-hybridized carbons (Fsp3) is 0. The summed E-state index contributed by atoms with van der Waals surface area (Å²) in [7, 11) is 0. The number of nitrogens with zero attached hydrogens (tertiary/aromatic N) is 3. The van der Waals surface area contributed by atoms with Gasteiger partial charge in [-0.25, -0.2) is 9.97 Å². The predicted octanol–water partition coefficient (Wildman–Crippen LogP) is 9.71. The molecule has 1 aliphatic rings. The Morgan fingerprint density at radius 1 is 0.439 bits per heavy atom. The van der Waals surface area contributed by atoms with Crippen LogP contribution in [0.5, 0.6) is 0 Å². The second kappa shape index (κ2) is 8.48. The average molecular weight is 522 g/mol. The summed E-state index contributed by atoms with van der Waals surface area (Å²) in [4.78, 5) is 10.2. The highest BCUT2D eigenvalue weighted by Crippen LogP contribution is 2.47. The molecule has 0 amide bonds. The summed E-state index contributed by atoms with van der Waals surface area (Å²) in [5.74, 6) is 0.729. The number of hydrogen-bond acceptors (Lipinski definition) is 2. The van der Waals surface area contributed by atoms with Crippen LogP contribution in [0.2, 0.25) is 0 Å². The van der Waals surface area contributed by atoms with Gasteiger partial charge < -0.3 is 4.57 Å². The molecular weight excluding hydrogens is 498 g/mol. The second-order valence-corrected chi connectivity index (χ2v) is 10.6. The Hall–Kier alpha value is -5.54. The first-order valence-corrected chi connectivity index (χ1v) is 13.9. The van der Waals surface area contributed by atoms with E-state index >= 15 is 0 Å². The van der Waals surface area contributed by atoms with E-state index in [1.165, 1.54) is 49.7 Å². The summed E-state index contributed by atoms with van der Waals surface area (Å²) >= 11 is 0. The zero-order valence-electron chi connectivity index (χ0n) is 22.1. The van der Waals surface area contributed by atoms with Gasteiger partial charge in [0.25, 0.3) is 0 Å². The van der Waals surface area contributed by atoms with Gasteiger partial charge in [0.2, 0.25) is 0 Å². The summed E-state index contributed by atoms with van der Waals surface area (Å²) in [5, 5.41) is 3.60. The van der Waals surface area contributed by atoms with Gasteiger partial charge in [0, 0.05) is 38.4 Å². The molecule has 0 unspecified atom stereocenters. The zero-order chi connectivity index (χ0) is 26.9. The van der Waals surface area contributed by atoms with Gasteiger partial charge in [-0.05, 0) is 41.5 Å². The second-order valence-electron chi connectivity index (χ2n) is 10.6. The molecule has 6 aromatic carbocycles. The van der Waals surface area contributed by atoms with E-state index in [1.807, 2.05) is 12.1 Å². The minimum absolute atomic E-state index is 0.729. The summed E-state index contributed by atoms with van der Waals surface area (Å²) in [6.45, 7) is 0. The van der Waals surface area contributed by atoms with Crippen LogP contribution in [0.4, 0.5) is 0 Å². The summed E-state index contributed by atoms with van der Waals surface area (Å²) < 4.78 is 2.44. The lowest BCUT2D eigenvalue weighted by Gasteiger charge is -2.15. The highest BCUT2D eigenvalue weighted by atomic mass is 15.0. The molecule has 0 fully saturated rings. The first-order chi connectivity index (χ1) is 20.3. The molecule has 0 radical (unpaired) electrons. The zero-order valence-corrected chi connectivity index (χ0v) is 22.1. The van der Waals surface area contributed by atoms with Crippen molar-refractivity contribution in [3.8, 4) is 50.6 Å². The van der Waals surface area contributed by atoms with E-state index in [0.29, 0.717) is 0 Å². The molecule has 0 bridgehead atoms. The third-order valence-corrected chi connectivity index (χ3v) is 8.35. The first-order valence-electron chi connectivity index (χ1n) is 13.9. The Morgan fingerprint density at radius 3 is 2.00 bits per heavy atom. The van der Waals surface area contributed by atoms with Crippen molar-refractivity contribution in [2.24, 2.45) is 0 Å². The van der Waals surface area contributed by atoms with Crippen molar-refractivity contribution >= 4 is 32.7 Å². The molecule has 0 N–H and O–H groups in total. The lowest BCUT2D eigenvalue weighted by molar-refractivity contribution is 1.18. The molecule has 0 atom stereocenters. The Bertz CT molecular complexity index is 2310. The van der Waals surface area contributed by atoms with Gasteiger partial charge in [-0.1, -0.05) is 109 Å². The maximum atomic E-state index is 5.17. The van der Waals surface area contributed by atoms with Crippen molar-refractivity contribution in [2.75, 3.05) is 0 Å². The van der Waals surface area contributed by atoms with Crippen LogP contribution in [0, 0.1) is 0 Å². The monoisotopic (exact) mass is 521 g/mol. The number of hydrogen-bond donors (Lipinski definition) is 0. The minimum Gasteiger partial charge on any atom is -0.308 e. The number of aromatic nitrogens is 3. The maximum Gasteiger partial charge on any atom is 0.160 e. The van der Waals surface area contributed by atoms with Crippen LogP contribution in [0.3, 0.4) is 0 Å². The highest BCUT2D eigenvalue weighted by Gasteiger charge is 2.24. The van der Waals surface area contributed by atoms with E-state index in [0.717, 1.165) is 33.5 Å². The molecule has 190 valence electrons. The molecular formula is C38H23N3. The molecule has 41 heavy (non-hydrogen) atoms. The van der Waals surface area contributed by atoms with Crippen molar-refractivity contribution in [3.05, 3.63) is 140 Å². The fourth-order valence-electron chi connectivity index (χ4n) is 6.55. The van der Waals surface area contributed by atoms with Gasteiger partial charge >= 0.3 is 0 Å². The van der Waals surface area contributed by atoms with Crippen molar-refractivity contribution in [1.82, 2.24) is 14.5 Å². The van der Waals surface area contributed by atoms with E-state index in [2.05, 4.69) is 132 Å². The van der Waals surface area contributed by atoms with Gasteiger partial charge in [0.1, 0.15) is 0 Å². The fourth-order valence-corrected chi connectivity index (χ4v) is 6.55. The molecule has 0 spiro atoms. The van der Waals surface area contributed by atoms with E-state index in [-0.39, 0.29) is 0 Å². The standard InChI is InChI=1S/C38H23N3/c1-2-11-24(12-3-1)36-31-16-6-8-19-33(31)39-38(40-36)25-21-22-35-32(23-25)27-14-5-4-13-26(27)29-17-10-18-30-28-15-7-9-20-34(28)41(35)37(29)30/h1-23H. The molecule has 1 aliphatic heterocycles. The molecule has 3 heterocycles. The van der Waals surface area contributed by atoms with Gasteiger partial charge in [0.15, 0.2) is 5.82 Å². The Kier molecular flexibility index (Phi) is 4.61. The third-order valence-electron chi connectivity index (χ3n) is 8.35. The smallest absolute Gasteiger partial charge is 0.160 e. The van der Waals surface area contributed by atoms with Crippen LogP contribution in [-0.4, -0.2) is 14.5 Å². The predicted molar refractivity (Wildman–Crippen MR) is 169 cm³/mol. The van der Waals surface area contributed by atoms with E-state index in [9.17, 15) is 0 Å². The van der Waals surface area contributed by atoms with Crippen LogP contribution in [0.1, 0.15) is 0 Å². The largest absolute Gasteiger partial charge is 0.308 e. The maximum absolute atomic E-state index is 5.17. The lowest BCUT2D eigenvalue weighted by atomic mass is 9.92. The molecule has 9 rings (SSSR count). The average Bonchev–Trinajstić information content (AvgIpc) is 3.32. The van der Waals surface area contributed by atoms with Crippen molar-refractivity contribution in [2.45, 2.75) is 0 Å². The lowest BCUT2D eigenvalue weighted by Crippen LogP contribution is -1.98.